The number of rotatable bonds is 3. The third-order valence-electron chi connectivity index (χ3n) is 3.91. The Bertz CT molecular complexity index is 760. The number of carbonyl (C=O) groups is 1. The lowest BCUT2D eigenvalue weighted by Gasteiger charge is -2.26. The number of H-pyrrole nitrogens is 1. The number of benzene rings is 2. The number of carboxylic acids is 1. The number of aromatic carboxylic acids is 1. The fourth-order valence-corrected chi connectivity index (χ4v) is 2.30. The normalized spacial score (nSPS) is 10.6. The quantitative estimate of drug-likeness (QED) is 0.583. The minimum Gasteiger partial charge on any atom is -0.508 e. The van der Waals surface area contributed by atoms with E-state index in [-0.39, 0.29) is 22.6 Å². The van der Waals surface area contributed by atoms with E-state index in [1.165, 1.54) is 12.3 Å². The van der Waals surface area contributed by atoms with E-state index >= 15 is 0 Å². The van der Waals surface area contributed by atoms with Gasteiger partial charge >= 0.3 is 5.97 Å². The molecule has 0 amide bonds. The summed E-state index contributed by atoms with van der Waals surface area (Å²) in [5.74, 6) is -0.437. The van der Waals surface area contributed by atoms with Gasteiger partial charge < -0.3 is 15.3 Å². The topological polar surface area (TPSA) is 106 Å². The summed E-state index contributed by atoms with van der Waals surface area (Å²) in [6.45, 7) is 4.23. The summed E-state index contributed by atoms with van der Waals surface area (Å²) in [7, 11) is 0. The first-order valence-electron chi connectivity index (χ1n) is 7.62. The number of aromatic nitrogens is 2. The van der Waals surface area contributed by atoms with Crippen LogP contribution in [0, 0.1) is 0 Å². The van der Waals surface area contributed by atoms with Gasteiger partial charge in [-0.25, -0.2) is 4.79 Å². The maximum absolute atomic E-state index is 9.99. The second-order valence-electron chi connectivity index (χ2n) is 5.99. The van der Waals surface area contributed by atoms with E-state index in [9.17, 15) is 15.0 Å². The van der Waals surface area contributed by atoms with E-state index in [0.29, 0.717) is 0 Å². The summed E-state index contributed by atoms with van der Waals surface area (Å²) < 4.78 is 0. The Balaban J connectivity index is 0.000000236. The maximum Gasteiger partial charge on any atom is 0.353 e. The lowest BCUT2D eigenvalue weighted by molar-refractivity contribution is 0.0690. The van der Waals surface area contributed by atoms with Crippen LogP contribution in [0.5, 0.6) is 11.5 Å². The Morgan fingerprint density at radius 3 is 1.60 bits per heavy atom. The summed E-state index contributed by atoms with van der Waals surface area (Å²) in [6, 6.07) is 15.8. The van der Waals surface area contributed by atoms with Crippen LogP contribution in [0.2, 0.25) is 0 Å². The largest absolute Gasteiger partial charge is 0.508 e. The third-order valence-corrected chi connectivity index (χ3v) is 3.91. The molecule has 3 aromatic rings. The van der Waals surface area contributed by atoms with Crippen molar-refractivity contribution in [2.75, 3.05) is 0 Å². The number of phenols is 2. The molecule has 0 unspecified atom stereocenters. The predicted molar refractivity (Wildman–Crippen MR) is 93.9 cm³/mol. The molecular weight excluding hydrogens is 320 g/mol. The molecule has 0 saturated heterocycles. The van der Waals surface area contributed by atoms with E-state index in [1.807, 2.05) is 24.3 Å². The highest BCUT2D eigenvalue weighted by molar-refractivity contribution is 5.84. The van der Waals surface area contributed by atoms with Crippen LogP contribution >= 0.6 is 0 Å². The average Bonchev–Trinajstić information content (AvgIpc) is 3.11. The van der Waals surface area contributed by atoms with Gasteiger partial charge in [-0.15, -0.1) is 0 Å². The molecule has 4 N–H and O–H groups in total. The van der Waals surface area contributed by atoms with E-state index in [1.54, 1.807) is 24.3 Å². The van der Waals surface area contributed by atoms with Crippen molar-refractivity contribution < 1.29 is 20.1 Å². The van der Waals surface area contributed by atoms with Crippen LogP contribution < -0.4 is 0 Å². The zero-order chi connectivity index (χ0) is 18.4. The number of aromatic amines is 1. The van der Waals surface area contributed by atoms with Crippen molar-refractivity contribution in [3.63, 3.8) is 0 Å². The van der Waals surface area contributed by atoms with Gasteiger partial charge in [0, 0.05) is 11.6 Å². The fraction of sp³-hybridized carbons (Fsp3) is 0.158. The Morgan fingerprint density at radius 2 is 1.32 bits per heavy atom. The molecule has 1 heterocycles. The number of hydrogen-bond acceptors (Lipinski definition) is 4. The molecule has 1 aromatic heterocycles. The molecule has 130 valence electrons. The molecule has 0 spiro atoms. The van der Waals surface area contributed by atoms with Gasteiger partial charge in [-0.05, 0) is 41.5 Å². The molecule has 0 aliphatic rings. The molecular formula is C19H20N2O4. The van der Waals surface area contributed by atoms with Crippen molar-refractivity contribution in [3.8, 4) is 11.5 Å². The molecule has 0 aliphatic heterocycles. The Kier molecular flexibility index (Phi) is 5.44. The molecule has 0 atom stereocenters. The van der Waals surface area contributed by atoms with Crippen molar-refractivity contribution in [1.29, 1.82) is 0 Å². The van der Waals surface area contributed by atoms with E-state index in [2.05, 4.69) is 24.0 Å². The van der Waals surface area contributed by atoms with Crippen LogP contribution in [0.15, 0.2) is 60.8 Å². The molecule has 2 aromatic carbocycles. The number of hydrogen-bond donors (Lipinski definition) is 4. The molecule has 6 nitrogen and oxygen atoms in total. The molecule has 0 bridgehead atoms. The summed E-state index contributed by atoms with van der Waals surface area (Å²) >= 11 is 0. The van der Waals surface area contributed by atoms with Crippen LogP contribution in [-0.4, -0.2) is 31.5 Å². The first kappa shape index (κ1) is 18.1. The van der Waals surface area contributed by atoms with Crippen molar-refractivity contribution in [2.45, 2.75) is 19.3 Å². The van der Waals surface area contributed by atoms with Gasteiger partial charge in [-0.3, -0.25) is 5.10 Å². The second-order valence-corrected chi connectivity index (χ2v) is 5.99. The minimum atomic E-state index is -0.984. The number of phenolic OH excluding ortho intramolecular Hbond substituents is 2. The molecule has 6 heteroatoms. The molecule has 25 heavy (non-hydrogen) atoms. The molecule has 3 rings (SSSR count). The van der Waals surface area contributed by atoms with Gasteiger partial charge in [0.1, 0.15) is 17.2 Å². The highest BCUT2D eigenvalue weighted by Crippen LogP contribution is 2.32. The summed E-state index contributed by atoms with van der Waals surface area (Å²) in [4.78, 5) is 9.99. The zero-order valence-corrected chi connectivity index (χ0v) is 14.0. The molecule has 0 saturated carbocycles. The monoisotopic (exact) mass is 340 g/mol. The van der Waals surface area contributed by atoms with Gasteiger partial charge in [0.15, 0.2) is 0 Å². The van der Waals surface area contributed by atoms with Gasteiger partial charge in [0.05, 0.1) is 0 Å². The Labute approximate surface area is 145 Å². The predicted octanol–water partition coefficient (Wildman–Crippen LogP) is 3.53. The Hall–Kier alpha value is -3.28. The van der Waals surface area contributed by atoms with Crippen LogP contribution in [0.3, 0.4) is 0 Å². The van der Waals surface area contributed by atoms with E-state index < -0.39 is 5.97 Å². The summed E-state index contributed by atoms with van der Waals surface area (Å²) in [5.41, 5.74) is 2.22. The van der Waals surface area contributed by atoms with Gasteiger partial charge in [-0.2, -0.15) is 5.10 Å². The van der Waals surface area contributed by atoms with Crippen LogP contribution in [0.4, 0.5) is 0 Å². The van der Waals surface area contributed by atoms with Gasteiger partial charge in [0.25, 0.3) is 0 Å². The Morgan fingerprint density at radius 1 is 0.880 bits per heavy atom. The van der Waals surface area contributed by atoms with Crippen LogP contribution in [0.1, 0.15) is 35.5 Å². The van der Waals surface area contributed by atoms with Crippen molar-refractivity contribution in [2.24, 2.45) is 0 Å². The number of carboxylic acid groups (broad SMARTS) is 1. The van der Waals surface area contributed by atoms with Crippen molar-refractivity contribution in [1.82, 2.24) is 10.2 Å². The first-order valence-corrected chi connectivity index (χ1v) is 7.62. The van der Waals surface area contributed by atoms with E-state index in [0.717, 1.165) is 11.1 Å². The first-order chi connectivity index (χ1) is 11.8. The third kappa shape index (κ3) is 4.60. The lowest BCUT2D eigenvalue weighted by atomic mass is 9.78. The van der Waals surface area contributed by atoms with Gasteiger partial charge in [-0.1, -0.05) is 38.1 Å². The maximum atomic E-state index is 9.99. The summed E-state index contributed by atoms with van der Waals surface area (Å²) in [5, 5.41) is 32.5. The number of nitrogens with one attached hydrogen (secondary N) is 1. The second kappa shape index (κ2) is 7.53. The SMILES string of the molecule is CC(C)(c1ccc(O)cc1)c1ccc(O)cc1.O=C(O)c1ccn[nH]1. The fourth-order valence-electron chi connectivity index (χ4n) is 2.30. The highest BCUT2D eigenvalue weighted by Gasteiger charge is 2.22. The average molecular weight is 340 g/mol. The standard InChI is InChI=1S/C15H16O2.C4H4N2O2/c1-15(2,11-3-7-13(16)8-4-11)12-5-9-14(17)10-6-12;7-4(8)3-1-2-5-6-3/h3-10,16-17H,1-2H3;1-2H,(H,5,6)(H,7,8). The molecule has 0 fully saturated rings. The minimum absolute atomic E-state index is 0.116. The number of aromatic hydroxyl groups is 2. The smallest absolute Gasteiger partial charge is 0.353 e. The molecule has 0 radical (unpaired) electrons. The number of nitrogens with zero attached hydrogens (tertiary/aromatic N) is 1. The van der Waals surface area contributed by atoms with E-state index in [4.69, 9.17) is 5.11 Å². The van der Waals surface area contributed by atoms with Crippen LogP contribution in [0.25, 0.3) is 0 Å². The van der Waals surface area contributed by atoms with Crippen LogP contribution in [-0.2, 0) is 5.41 Å². The summed E-state index contributed by atoms with van der Waals surface area (Å²) in [6.07, 6.45) is 1.39. The van der Waals surface area contributed by atoms with Gasteiger partial charge in [0.2, 0.25) is 0 Å². The zero-order valence-electron chi connectivity index (χ0n) is 14.0. The lowest BCUT2D eigenvalue weighted by Crippen LogP contribution is -2.18. The highest BCUT2D eigenvalue weighted by atomic mass is 16.4. The van der Waals surface area contributed by atoms with Crippen molar-refractivity contribution in [3.05, 3.63) is 77.6 Å². The van der Waals surface area contributed by atoms with Crippen molar-refractivity contribution >= 4 is 5.97 Å². The molecule has 0 aliphatic carbocycles.